The van der Waals surface area contributed by atoms with Crippen LogP contribution in [0.15, 0.2) is 12.3 Å². The van der Waals surface area contributed by atoms with E-state index in [-0.39, 0.29) is 5.41 Å². The highest BCUT2D eigenvalue weighted by Crippen LogP contribution is 2.39. The lowest BCUT2D eigenvalue weighted by atomic mass is 9.74. The van der Waals surface area contributed by atoms with Crippen LogP contribution in [0.25, 0.3) is 0 Å². The largest absolute Gasteiger partial charge is 0.375 e. The zero-order valence-electron chi connectivity index (χ0n) is 11.0. The summed E-state index contributed by atoms with van der Waals surface area (Å²) in [4.78, 5) is 2.30. The zero-order valence-corrected chi connectivity index (χ0v) is 11.0. The predicted molar refractivity (Wildman–Crippen MR) is 65.3 cm³/mol. The van der Waals surface area contributed by atoms with Gasteiger partial charge in [0.2, 0.25) is 0 Å². The van der Waals surface area contributed by atoms with Gasteiger partial charge in [-0.2, -0.15) is 0 Å². The van der Waals surface area contributed by atoms with Crippen molar-refractivity contribution in [2.24, 2.45) is 11.3 Å². The lowest BCUT2D eigenvalue weighted by molar-refractivity contribution is 0.179. The van der Waals surface area contributed by atoms with Gasteiger partial charge in [-0.1, -0.05) is 34.3 Å². The normalized spacial score (nSPS) is 15.8. The van der Waals surface area contributed by atoms with E-state index in [0.29, 0.717) is 12.0 Å². The second-order valence-electron chi connectivity index (χ2n) is 5.08. The van der Waals surface area contributed by atoms with Crippen molar-refractivity contribution < 1.29 is 0 Å². The molecule has 0 saturated carbocycles. The van der Waals surface area contributed by atoms with Gasteiger partial charge in [0.1, 0.15) is 0 Å². The summed E-state index contributed by atoms with van der Waals surface area (Å²) in [7, 11) is 2.14. The molecule has 0 spiro atoms. The summed E-state index contributed by atoms with van der Waals surface area (Å²) < 4.78 is 0. The highest BCUT2D eigenvalue weighted by atomic mass is 15.1. The smallest absolute Gasteiger partial charge is 0.0227 e. The molecule has 0 amide bonds. The van der Waals surface area contributed by atoms with Crippen molar-refractivity contribution in [1.29, 1.82) is 0 Å². The van der Waals surface area contributed by atoms with Crippen LogP contribution >= 0.6 is 0 Å². The first-order valence-corrected chi connectivity index (χ1v) is 5.69. The molecule has 0 aromatic carbocycles. The molecule has 0 N–H and O–H groups in total. The Morgan fingerprint density at radius 3 is 1.93 bits per heavy atom. The molecule has 0 aliphatic carbocycles. The van der Waals surface area contributed by atoms with E-state index in [1.807, 2.05) is 0 Å². The van der Waals surface area contributed by atoms with E-state index < -0.39 is 0 Å². The molecule has 0 aliphatic rings. The first kappa shape index (κ1) is 13.5. The minimum absolute atomic E-state index is 0.235. The molecule has 0 rings (SSSR count). The van der Waals surface area contributed by atoms with Crippen LogP contribution in [0.4, 0.5) is 0 Å². The molecule has 0 aromatic heterocycles. The number of allylic oxidation sites excluding steroid dienone is 1. The van der Waals surface area contributed by atoms with Crippen LogP contribution < -0.4 is 0 Å². The quantitative estimate of drug-likeness (QED) is 0.646. The standard InChI is InChI=1S/C13H27N/c1-9-13(7,10(2)3)12(6)14(8)11(4)5/h10-11H,6,9H2,1-5,7-8H3. The molecule has 0 saturated heterocycles. The highest BCUT2D eigenvalue weighted by Gasteiger charge is 2.32. The van der Waals surface area contributed by atoms with E-state index in [1.165, 1.54) is 5.70 Å². The van der Waals surface area contributed by atoms with Gasteiger partial charge in [0.05, 0.1) is 0 Å². The molecule has 0 aliphatic heterocycles. The predicted octanol–water partition coefficient (Wildman–Crippen LogP) is 3.91. The van der Waals surface area contributed by atoms with Gasteiger partial charge < -0.3 is 4.90 Å². The summed E-state index contributed by atoms with van der Waals surface area (Å²) in [6, 6.07) is 0.534. The van der Waals surface area contributed by atoms with Gasteiger partial charge in [0, 0.05) is 24.2 Å². The van der Waals surface area contributed by atoms with Crippen LogP contribution in [0.3, 0.4) is 0 Å². The molecule has 0 aromatic rings. The van der Waals surface area contributed by atoms with E-state index in [0.717, 1.165) is 6.42 Å². The molecule has 0 bridgehead atoms. The Kier molecular flexibility index (Phi) is 4.70. The van der Waals surface area contributed by atoms with Gasteiger partial charge in [0.25, 0.3) is 0 Å². The molecule has 1 heteroatoms. The molecular weight excluding hydrogens is 170 g/mol. The van der Waals surface area contributed by atoms with Crippen LogP contribution in [-0.4, -0.2) is 18.0 Å². The van der Waals surface area contributed by atoms with Crippen LogP contribution in [0.5, 0.6) is 0 Å². The average Bonchev–Trinajstić information content (AvgIpc) is 2.13. The summed E-state index contributed by atoms with van der Waals surface area (Å²) in [5.41, 5.74) is 1.50. The minimum Gasteiger partial charge on any atom is -0.375 e. The Hall–Kier alpha value is -0.460. The van der Waals surface area contributed by atoms with Crippen molar-refractivity contribution in [2.75, 3.05) is 7.05 Å². The Labute approximate surface area is 90.2 Å². The summed E-state index contributed by atoms with van der Waals surface area (Å²) in [5.74, 6) is 0.640. The molecule has 1 atom stereocenters. The van der Waals surface area contributed by atoms with E-state index in [4.69, 9.17) is 0 Å². The van der Waals surface area contributed by atoms with E-state index in [1.54, 1.807) is 0 Å². The Morgan fingerprint density at radius 2 is 1.71 bits per heavy atom. The maximum atomic E-state index is 4.27. The van der Waals surface area contributed by atoms with Crippen molar-refractivity contribution in [3.63, 3.8) is 0 Å². The third kappa shape index (κ3) is 2.52. The molecule has 1 nitrogen and oxygen atoms in total. The monoisotopic (exact) mass is 197 g/mol. The summed E-state index contributed by atoms with van der Waals surface area (Å²) in [6.45, 7) is 17.8. The molecule has 14 heavy (non-hydrogen) atoms. The fourth-order valence-electron chi connectivity index (χ4n) is 1.66. The van der Waals surface area contributed by atoms with Crippen LogP contribution in [0.2, 0.25) is 0 Å². The van der Waals surface area contributed by atoms with Gasteiger partial charge in [-0.05, 0) is 26.2 Å². The van der Waals surface area contributed by atoms with Gasteiger partial charge in [0.15, 0.2) is 0 Å². The second kappa shape index (κ2) is 4.86. The number of hydrogen-bond acceptors (Lipinski definition) is 1. The van der Waals surface area contributed by atoms with Crippen molar-refractivity contribution in [2.45, 2.75) is 54.0 Å². The van der Waals surface area contributed by atoms with Gasteiger partial charge in [-0.15, -0.1) is 0 Å². The molecule has 0 fully saturated rings. The Morgan fingerprint density at radius 1 is 1.29 bits per heavy atom. The maximum absolute atomic E-state index is 4.27. The first-order chi connectivity index (χ1) is 6.27. The summed E-state index contributed by atoms with van der Waals surface area (Å²) >= 11 is 0. The van der Waals surface area contributed by atoms with Crippen molar-refractivity contribution in [1.82, 2.24) is 4.90 Å². The van der Waals surface area contributed by atoms with Gasteiger partial charge in [-0.3, -0.25) is 0 Å². The third-order valence-corrected chi connectivity index (χ3v) is 3.87. The fraction of sp³-hybridized carbons (Fsp3) is 0.846. The summed E-state index contributed by atoms with van der Waals surface area (Å²) in [5, 5.41) is 0. The van der Waals surface area contributed by atoms with Crippen molar-refractivity contribution in [3.8, 4) is 0 Å². The molecule has 1 unspecified atom stereocenters. The lowest BCUT2D eigenvalue weighted by Crippen LogP contribution is -2.37. The Bertz CT molecular complexity index is 193. The van der Waals surface area contributed by atoms with Gasteiger partial charge >= 0.3 is 0 Å². The molecular formula is C13H27N. The molecule has 0 heterocycles. The maximum Gasteiger partial charge on any atom is 0.0227 e. The number of nitrogens with zero attached hydrogens (tertiary/aromatic N) is 1. The van der Waals surface area contributed by atoms with Crippen LogP contribution in [-0.2, 0) is 0 Å². The molecule has 0 radical (unpaired) electrons. The first-order valence-electron chi connectivity index (χ1n) is 5.69. The van der Waals surface area contributed by atoms with Gasteiger partial charge in [-0.25, -0.2) is 0 Å². The number of hydrogen-bond donors (Lipinski definition) is 0. The topological polar surface area (TPSA) is 3.24 Å². The fourth-order valence-corrected chi connectivity index (χ4v) is 1.66. The zero-order chi connectivity index (χ0) is 11.5. The van der Waals surface area contributed by atoms with E-state index in [2.05, 4.69) is 60.1 Å². The minimum atomic E-state index is 0.235. The van der Waals surface area contributed by atoms with Crippen molar-refractivity contribution in [3.05, 3.63) is 12.3 Å². The summed E-state index contributed by atoms with van der Waals surface area (Å²) in [6.07, 6.45) is 1.15. The average molecular weight is 197 g/mol. The lowest BCUT2D eigenvalue weighted by Gasteiger charge is -2.41. The SMILES string of the molecule is C=C(N(C)C(C)C)C(C)(CC)C(C)C. The van der Waals surface area contributed by atoms with E-state index in [9.17, 15) is 0 Å². The van der Waals surface area contributed by atoms with Crippen molar-refractivity contribution >= 4 is 0 Å². The number of rotatable bonds is 5. The Balaban J connectivity index is 4.79. The van der Waals surface area contributed by atoms with E-state index >= 15 is 0 Å². The van der Waals surface area contributed by atoms with Crippen LogP contribution in [0.1, 0.15) is 48.0 Å². The van der Waals surface area contributed by atoms with Crippen LogP contribution in [0, 0.1) is 11.3 Å². The second-order valence-corrected chi connectivity index (χ2v) is 5.08. The third-order valence-electron chi connectivity index (χ3n) is 3.87. The highest BCUT2D eigenvalue weighted by molar-refractivity contribution is 5.09. The molecule has 84 valence electrons.